The molecule has 4 N–H and O–H groups in total. The number of hydrogen-bond acceptors (Lipinski definition) is 6. The monoisotopic (exact) mass is 565 g/mol. The molecule has 4 aromatic rings. The van der Waals surface area contributed by atoms with Crippen LogP contribution in [-0.4, -0.2) is 38.6 Å². The Balaban J connectivity index is 1.47. The Morgan fingerprint density at radius 1 is 1.10 bits per heavy atom. The third kappa shape index (κ3) is 6.27. The van der Waals surface area contributed by atoms with Crippen molar-refractivity contribution in [3.8, 4) is 5.69 Å². The van der Waals surface area contributed by atoms with Gasteiger partial charge in [-0.3, -0.25) is 19.5 Å². The largest absolute Gasteiger partial charge is 0.393 e. The minimum Gasteiger partial charge on any atom is -0.393 e. The van der Waals surface area contributed by atoms with Crippen molar-refractivity contribution in [1.82, 2.24) is 14.9 Å². The van der Waals surface area contributed by atoms with E-state index in [2.05, 4.69) is 22.5 Å². The average molecular weight is 566 g/mol. The topological polar surface area (TPSA) is 108 Å². The number of fused-ring (bicyclic) bond motifs is 1. The summed E-state index contributed by atoms with van der Waals surface area (Å²) in [7, 11) is 0. The average Bonchev–Trinajstić information content (AvgIpc) is 3.58. The number of alkyl halides is 2. The Morgan fingerprint density at radius 3 is 2.62 bits per heavy atom. The van der Waals surface area contributed by atoms with Crippen LogP contribution >= 0.6 is 11.3 Å². The van der Waals surface area contributed by atoms with Crippen molar-refractivity contribution in [2.75, 3.05) is 10.6 Å². The molecule has 0 unspecified atom stereocenters. The lowest BCUT2D eigenvalue weighted by Gasteiger charge is -2.26. The second-order valence-electron chi connectivity index (χ2n) is 9.68. The molecular formula is C29H29F2N5O3S. The molecule has 0 atom stereocenters. The Hall–Kier alpha value is -3.93. The molecule has 0 saturated heterocycles. The number of nitrogens with one attached hydrogen (secondary N) is 3. The molecule has 2 heterocycles. The molecule has 1 saturated carbocycles. The maximum absolute atomic E-state index is 13.1. The van der Waals surface area contributed by atoms with Gasteiger partial charge in [-0.15, -0.1) is 11.3 Å². The fourth-order valence-electron chi connectivity index (χ4n) is 4.79. The van der Waals surface area contributed by atoms with Gasteiger partial charge in [0.2, 0.25) is 11.9 Å². The molecule has 0 spiro atoms. The van der Waals surface area contributed by atoms with E-state index in [0.717, 1.165) is 42.6 Å². The third-order valence-electron chi connectivity index (χ3n) is 6.86. The highest BCUT2D eigenvalue weighted by Crippen LogP contribution is 2.30. The van der Waals surface area contributed by atoms with Crippen LogP contribution < -0.4 is 16.0 Å². The summed E-state index contributed by atoms with van der Waals surface area (Å²) in [4.78, 5) is 29.5. The summed E-state index contributed by atoms with van der Waals surface area (Å²) in [5, 5.41) is 18.8. The van der Waals surface area contributed by atoms with Crippen LogP contribution in [0.1, 0.15) is 52.2 Å². The lowest BCUT2D eigenvalue weighted by Crippen LogP contribution is -2.34. The Bertz CT molecular complexity index is 1540. The van der Waals surface area contributed by atoms with E-state index in [9.17, 15) is 23.5 Å². The highest BCUT2D eigenvalue weighted by molar-refractivity contribution is 7.14. The highest BCUT2D eigenvalue weighted by Gasteiger charge is 2.21. The summed E-state index contributed by atoms with van der Waals surface area (Å²) in [6, 6.07) is 15.8. The van der Waals surface area contributed by atoms with Crippen molar-refractivity contribution in [1.29, 1.82) is 0 Å². The molecule has 0 bridgehead atoms. The number of halogens is 2. The highest BCUT2D eigenvalue weighted by atomic mass is 32.1. The van der Waals surface area contributed by atoms with Crippen molar-refractivity contribution in [2.24, 2.45) is 0 Å². The number of anilines is 2. The second kappa shape index (κ2) is 12.1. The molecule has 11 heteroatoms. The first-order chi connectivity index (χ1) is 19.3. The number of aromatic nitrogens is 2. The van der Waals surface area contributed by atoms with Gasteiger partial charge in [0.05, 0.1) is 32.6 Å². The van der Waals surface area contributed by atoms with Gasteiger partial charge in [-0.1, -0.05) is 18.7 Å². The minimum absolute atomic E-state index is 0.142. The molecular weight excluding hydrogens is 536 g/mol. The van der Waals surface area contributed by atoms with Crippen LogP contribution in [0, 0.1) is 0 Å². The number of aliphatic hydroxyl groups excluding tert-OH is 1. The fraction of sp³-hybridized carbons (Fsp3) is 0.276. The van der Waals surface area contributed by atoms with Crippen molar-refractivity contribution in [3.63, 3.8) is 0 Å². The molecule has 1 aliphatic carbocycles. The van der Waals surface area contributed by atoms with Crippen LogP contribution in [0.5, 0.6) is 0 Å². The molecule has 1 fully saturated rings. The van der Waals surface area contributed by atoms with E-state index >= 15 is 0 Å². The number of imidazole rings is 1. The molecule has 5 rings (SSSR count). The lowest BCUT2D eigenvalue weighted by atomic mass is 9.93. The molecule has 40 heavy (non-hydrogen) atoms. The number of rotatable bonds is 9. The molecule has 208 valence electrons. The smallest absolute Gasteiger partial charge is 0.272 e. The quantitative estimate of drug-likeness (QED) is 0.192. The lowest BCUT2D eigenvalue weighted by molar-refractivity contribution is -0.111. The van der Waals surface area contributed by atoms with Crippen molar-refractivity contribution < 1.29 is 23.5 Å². The van der Waals surface area contributed by atoms with Gasteiger partial charge in [-0.25, -0.2) is 13.8 Å². The summed E-state index contributed by atoms with van der Waals surface area (Å²) in [5.74, 6) is -0.699. The minimum atomic E-state index is -2.66. The number of aliphatic hydroxyl groups is 1. The fourth-order valence-corrected chi connectivity index (χ4v) is 5.55. The molecule has 2 aromatic heterocycles. The van der Waals surface area contributed by atoms with Crippen LogP contribution in [-0.2, 0) is 11.3 Å². The first kappa shape index (κ1) is 27.6. The molecule has 2 amide bonds. The SMILES string of the molecule is C=CC(=O)Nc1cccc(-n2c(NC(=O)c3ccc(C(F)F)s3)nc3cc(CN[C@H]4CC[C@@H](O)CC4)ccc32)c1. The normalized spacial score (nSPS) is 17.2. The first-order valence-electron chi connectivity index (χ1n) is 13.0. The van der Waals surface area contributed by atoms with Crippen molar-refractivity contribution >= 4 is 45.8 Å². The van der Waals surface area contributed by atoms with E-state index in [1.807, 2.05) is 24.3 Å². The molecule has 0 aliphatic heterocycles. The van der Waals surface area contributed by atoms with Crippen molar-refractivity contribution in [2.45, 2.75) is 50.8 Å². The predicted octanol–water partition coefficient (Wildman–Crippen LogP) is 5.79. The third-order valence-corrected chi connectivity index (χ3v) is 7.95. The Kier molecular flexibility index (Phi) is 8.34. The van der Waals surface area contributed by atoms with Crippen LogP contribution in [0.4, 0.5) is 20.4 Å². The number of thiophene rings is 1. The summed E-state index contributed by atoms with van der Waals surface area (Å²) < 4.78 is 27.9. The van der Waals surface area contributed by atoms with E-state index in [1.165, 1.54) is 18.2 Å². The van der Waals surface area contributed by atoms with Gasteiger partial charge in [0.25, 0.3) is 12.3 Å². The number of nitrogens with zero attached hydrogens (tertiary/aromatic N) is 2. The Morgan fingerprint density at radius 2 is 1.90 bits per heavy atom. The van der Waals surface area contributed by atoms with Crippen molar-refractivity contribution in [3.05, 3.63) is 82.6 Å². The van der Waals surface area contributed by atoms with Gasteiger partial charge in [0, 0.05) is 18.3 Å². The molecule has 8 nitrogen and oxygen atoms in total. The second-order valence-corrected chi connectivity index (χ2v) is 10.8. The zero-order valence-corrected chi connectivity index (χ0v) is 22.4. The van der Waals surface area contributed by atoms with Gasteiger partial charge in [-0.05, 0) is 79.8 Å². The standard InChI is InChI=1S/C29H29F2N5O3S/c1-2-26(38)33-19-4-3-5-20(15-19)36-23-11-6-17(16-32-18-7-9-21(37)10-8-18)14-22(23)34-29(36)35-28(39)25-13-12-24(40-25)27(30)31/h2-6,11-15,18,21,27,32,37H,1,7-10,16H2,(H,33,38)(H,34,35,39)/t18-,21+. The van der Waals surface area contributed by atoms with Crippen LogP contribution in [0.15, 0.2) is 67.3 Å². The zero-order chi connectivity index (χ0) is 28.2. The number of amides is 2. The summed E-state index contributed by atoms with van der Waals surface area (Å²) >= 11 is 0.731. The van der Waals surface area contributed by atoms with Gasteiger partial charge in [-0.2, -0.15) is 0 Å². The van der Waals surface area contributed by atoms with E-state index < -0.39 is 12.3 Å². The van der Waals surface area contributed by atoms with Gasteiger partial charge >= 0.3 is 0 Å². The predicted molar refractivity (Wildman–Crippen MR) is 152 cm³/mol. The van der Waals surface area contributed by atoms with Gasteiger partial charge < -0.3 is 15.7 Å². The van der Waals surface area contributed by atoms with E-state index in [-0.39, 0.29) is 27.7 Å². The van der Waals surface area contributed by atoms with Gasteiger partial charge in [0.1, 0.15) is 0 Å². The van der Waals surface area contributed by atoms with E-state index in [4.69, 9.17) is 4.98 Å². The molecule has 1 aliphatic rings. The summed E-state index contributed by atoms with van der Waals surface area (Å²) in [5.41, 5.74) is 3.51. The number of benzene rings is 2. The van der Waals surface area contributed by atoms with Gasteiger partial charge in [0.15, 0.2) is 0 Å². The van der Waals surface area contributed by atoms with Crippen LogP contribution in [0.25, 0.3) is 16.7 Å². The van der Waals surface area contributed by atoms with Crippen LogP contribution in [0.3, 0.4) is 0 Å². The molecule has 2 aromatic carbocycles. The summed E-state index contributed by atoms with van der Waals surface area (Å²) in [6.45, 7) is 4.10. The Labute approximate surface area is 233 Å². The van der Waals surface area contributed by atoms with Crippen LogP contribution in [0.2, 0.25) is 0 Å². The van der Waals surface area contributed by atoms with E-state index in [1.54, 1.807) is 22.8 Å². The zero-order valence-electron chi connectivity index (χ0n) is 21.6. The number of carbonyl (C=O) groups excluding carboxylic acids is 2. The first-order valence-corrected chi connectivity index (χ1v) is 13.8. The number of carbonyl (C=O) groups is 2. The number of hydrogen-bond donors (Lipinski definition) is 4. The maximum Gasteiger partial charge on any atom is 0.272 e. The molecule has 0 radical (unpaired) electrons. The summed E-state index contributed by atoms with van der Waals surface area (Å²) in [6.07, 6.45) is 1.72. The van der Waals surface area contributed by atoms with E-state index in [0.29, 0.717) is 35.0 Å². The maximum atomic E-state index is 13.1.